The highest BCUT2D eigenvalue weighted by atomic mass is 32.1. The van der Waals surface area contributed by atoms with Gasteiger partial charge in [-0.15, -0.1) is 11.3 Å². The minimum absolute atomic E-state index is 0.0896. The second kappa shape index (κ2) is 8.01. The molecule has 1 aromatic carbocycles. The lowest BCUT2D eigenvalue weighted by Crippen LogP contribution is -2.22. The number of amides is 1. The zero-order valence-electron chi connectivity index (χ0n) is 14.1. The molecule has 1 N–H and O–H groups in total. The molecule has 136 valence electrons. The summed E-state index contributed by atoms with van der Waals surface area (Å²) in [6.45, 7) is 1.76. The Morgan fingerprint density at radius 2 is 1.96 bits per heavy atom. The number of carbonyl (C=O) groups is 3. The van der Waals surface area contributed by atoms with Gasteiger partial charge in [-0.2, -0.15) is 0 Å². The van der Waals surface area contributed by atoms with Gasteiger partial charge in [-0.25, -0.2) is 4.79 Å². The van der Waals surface area contributed by atoms with E-state index in [0.717, 1.165) is 4.88 Å². The molecule has 0 atom stereocenters. The molecular formula is C18H17NO6S. The van der Waals surface area contributed by atoms with Gasteiger partial charge in [-0.3, -0.25) is 9.59 Å². The molecule has 0 unspecified atom stereocenters. The average molecular weight is 375 g/mol. The van der Waals surface area contributed by atoms with E-state index < -0.39 is 5.97 Å². The van der Waals surface area contributed by atoms with E-state index in [-0.39, 0.29) is 25.1 Å². The molecule has 0 radical (unpaired) electrons. The van der Waals surface area contributed by atoms with Crippen molar-refractivity contribution in [3.63, 3.8) is 0 Å². The minimum atomic E-state index is -0.598. The predicted octanol–water partition coefficient (Wildman–Crippen LogP) is 2.20. The topological polar surface area (TPSA) is 90.9 Å². The van der Waals surface area contributed by atoms with Crippen LogP contribution in [0.1, 0.15) is 31.8 Å². The molecule has 1 aliphatic rings. The first-order valence-corrected chi connectivity index (χ1v) is 8.77. The first kappa shape index (κ1) is 17.9. The molecule has 0 spiro atoms. The van der Waals surface area contributed by atoms with Crippen molar-refractivity contribution in [3.05, 3.63) is 45.6 Å². The van der Waals surface area contributed by atoms with E-state index in [1.807, 2.05) is 6.07 Å². The molecule has 26 heavy (non-hydrogen) atoms. The second-order valence-corrected chi connectivity index (χ2v) is 6.73. The van der Waals surface area contributed by atoms with Crippen LogP contribution >= 0.6 is 11.3 Å². The Labute approximate surface area is 153 Å². The Morgan fingerprint density at radius 1 is 1.15 bits per heavy atom. The highest BCUT2D eigenvalue weighted by molar-refractivity contribution is 7.14. The molecule has 8 heteroatoms. The van der Waals surface area contributed by atoms with Crippen molar-refractivity contribution < 1.29 is 28.6 Å². The van der Waals surface area contributed by atoms with Gasteiger partial charge in [0.25, 0.3) is 0 Å². The van der Waals surface area contributed by atoms with E-state index in [9.17, 15) is 14.4 Å². The van der Waals surface area contributed by atoms with E-state index in [1.165, 1.54) is 24.3 Å². The number of esters is 1. The van der Waals surface area contributed by atoms with Gasteiger partial charge in [0.1, 0.15) is 0 Å². The van der Waals surface area contributed by atoms with Gasteiger partial charge in [0.15, 0.2) is 18.1 Å². The van der Waals surface area contributed by atoms with Crippen molar-refractivity contribution in [2.45, 2.75) is 13.3 Å². The quantitative estimate of drug-likeness (QED) is 0.589. The number of carbonyl (C=O) groups excluding carboxylic acids is 3. The molecule has 7 nitrogen and oxygen atoms in total. The van der Waals surface area contributed by atoms with Gasteiger partial charge in [0.2, 0.25) is 18.5 Å². The Balaban J connectivity index is 1.51. The number of rotatable bonds is 7. The summed E-state index contributed by atoms with van der Waals surface area (Å²) in [6, 6.07) is 8.25. The Hall–Kier alpha value is -2.87. The zero-order chi connectivity index (χ0) is 18.5. The van der Waals surface area contributed by atoms with Crippen LogP contribution in [0.25, 0.3) is 0 Å². The number of hydrogen-bond donors (Lipinski definition) is 1. The van der Waals surface area contributed by atoms with Gasteiger partial charge in [0.05, 0.1) is 10.4 Å². The van der Waals surface area contributed by atoms with Crippen molar-refractivity contribution in [2.24, 2.45) is 0 Å². The molecule has 3 rings (SSSR count). The average Bonchev–Trinajstić information content (AvgIpc) is 3.27. The first-order chi connectivity index (χ1) is 12.5. The second-order valence-electron chi connectivity index (χ2n) is 5.57. The summed E-state index contributed by atoms with van der Waals surface area (Å²) in [4.78, 5) is 36.6. The van der Waals surface area contributed by atoms with Crippen molar-refractivity contribution in [2.75, 3.05) is 19.9 Å². The van der Waals surface area contributed by atoms with Crippen LogP contribution in [0.15, 0.2) is 30.3 Å². The number of hydrogen-bond acceptors (Lipinski definition) is 7. The van der Waals surface area contributed by atoms with Gasteiger partial charge in [-0.1, -0.05) is 0 Å². The number of Topliss-reactive ketones (excluding diaryl/α,β-unsaturated/α-hetero) is 1. The molecule has 2 aromatic rings. The summed E-state index contributed by atoms with van der Waals surface area (Å²) in [5, 5.41) is 2.70. The maximum absolute atomic E-state index is 12.2. The van der Waals surface area contributed by atoms with Crippen LogP contribution in [0, 0.1) is 0 Å². The van der Waals surface area contributed by atoms with Crippen molar-refractivity contribution in [1.29, 1.82) is 0 Å². The van der Waals surface area contributed by atoms with Crippen LogP contribution in [0.4, 0.5) is 0 Å². The Morgan fingerprint density at radius 3 is 2.77 bits per heavy atom. The third-order valence-corrected chi connectivity index (χ3v) is 4.81. The summed E-state index contributed by atoms with van der Waals surface area (Å²) in [7, 11) is 0. The molecular weight excluding hydrogens is 358 g/mol. The third kappa shape index (κ3) is 4.40. The predicted molar refractivity (Wildman–Crippen MR) is 93.9 cm³/mol. The monoisotopic (exact) mass is 375 g/mol. The van der Waals surface area contributed by atoms with Gasteiger partial charge in [-0.05, 0) is 36.8 Å². The molecule has 1 aliphatic heterocycles. The number of fused-ring (bicyclic) bond motifs is 1. The molecule has 1 aromatic heterocycles. The number of nitrogens with one attached hydrogen (secondary N) is 1. The van der Waals surface area contributed by atoms with Gasteiger partial charge in [0, 0.05) is 18.3 Å². The van der Waals surface area contributed by atoms with E-state index in [1.54, 1.807) is 18.2 Å². The number of benzene rings is 1. The van der Waals surface area contributed by atoms with Crippen molar-refractivity contribution in [1.82, 2.24) is 5.32 Å². The molecule has 0 aliphatic carbocycles. The highest BCUT2D eigenvalue weighted by Gasteiger charge is 2.18. The van der Waals surface area contributed by atoms with Crippen LogP contribution in [-0.4, -0.2) is 37.6 Å². The first-order valence-electron chi connectivity index (χ1n) is 7.96. The third-order valence-electron chi connectivity index (χ3n) is 3.62. The van der Waals surface area contributed by atoms with E-state index >= 15 is 0 Å². The Kier molecular flexibility index (Phi) is 5.52. The maximum atomic E-state index is 12.2. The zero-order valence-corrected chi connectivity index (χ0v) is 14.9. The van der Waals surface area contributed by atoms with Crippen LogP contribution in [0.3, 0.4) is 0 Å². The molecule has 0 fully saturated rings. The van der Waals surface area contributed by atoms with Crippen LogP contribution in [0.5, 0.6) is 11.5 Å². The number of ether oxygens (including phenoxy) is 3. The maximum Gasteiger partial charge on any atom is 0.338 e. The van der Waals surface area contributed by atoms with Crippen molar-refractivity contribution >= 4 is 29.0 Å². The fourth-order valence-corrected chi connectivity index (χ4v) is 3.26. The molecule has 0 bridgehead atoms. The minimum Gasteiger partial charge on any atom is -0.454 e. The fraction of sp³-hybridized carbons (Fsp3) is 0.278. The smallest absolute Gasteiger partial charge is 0.338 e. The summed E-state index contributed by atoms with van der Waals surface area (Å²) < 4.78 is 15.5. The summed E-state index contributed by atoms with van der Waals surface area (Å²) in [5.74, 6) is 0.0955. The molecule has 1 amide bonds. The fourth-order valence-electron chi connectivity index (χ4n) is 2.33. The standard InChI is InChI=1S/C18H17NO6S/c1-11(20)19-7-6-13-3-5-17(26-13)14(21)9-23-18(22)12-2-4-15-16(8-12)25-10-24-15/h2-5,8H,6-7,9-10H2,1H3,(H,19,20). The van der Waals surface area contributed by atoms with Crippen LogP contribution in [-0.2, 0) is 16.0 Å². The number of thiophene rings is 1. The normalized spacial score (nSPS) is 11.9. The van der Waals surface area contributed by atoms with E-state index in [4.69, 9.17) is 14.2 Å². The highest BCUT2D eigenvalue weighted by Crippen LogP contribution is 2.32. The van der Waals surface area contributed by atoms with Gasteiger partial charge >= 0.3 is 5.97 Å². The Bertz CT molecular complexity index is 844. The van der Waals surface area contributed by atoms with Crippen molar-refractivity contribution in [3.8, 4) is 11.5 Å². The number of ketones is 1. The molecule has 0 saturated heterocycles. The molecule has 0 saturated carbocycles. The van der Waals surface area contributed by atoms with Crippen LogP contribution in [0.2, 0.25) is 0 Å². The lowest BCUT2D eigenvalue weighted by Gasteiger charge is -2.04. The van der Waals surface area contributed by atoms with E-state index in [0.29, 0.717) is 34.9 Å². The summed E-state index contributed by atoms with van der Waals surface area (Å²) in [6.07, 6.45) is 0.647. The van der Waals surface area contributed by atoms with E-state index in [2.05, 4.69) is 5.32 Å². The largest absolute Gasteiger partial charge is 0.454 e. The lowest BCUT2D eigenvalue weighted by atomic mass is 10.2. The van der Waals surface area contributed by atoms with Gasteiger partial charge < -0.3 is 19.5 Å². The summed E-state index contributed by atoms with van der Waals surface area (Å²) in [5.41, 5.74) is 0.296. The summed E-state index contributed by atoms with van der Waals surface area (Å²) >= 11 is 1.33. The molecule has 2 heterocycles. The van der Waals surface area contributed by atoms with Crippen LogP contribution < -0.4 is 14.8 Å². The lowest BCUT2D eigenvalue weighted by molar-refractivity contribution is -0.118. The SMILES string of the molecule is CC(=O)NCCc1ccc(C(=O)COC(=O)c2ccc3c(c2)OCO3)s1.